The van der Waals surface area contributed by atoms with Crippen LogP contribution in [-0.4, -0.2) is 35.3 Å². The van der Waals surface area contributed by atoms with E-state index in [1.54, 1.807) is 23.5 Å². The zero-order valence-electron chi connectivity index (χ0n) is 17.5. The predicted octanol–water partition coefficient (Wildman–Crippen LogP) is 5.14. The Balaban J connectivity index is 1.69. The van der Waals surface area contributed by atoms with Crippen LogP contribution in [0.4, 0.5) is 23.7 Å². The molecule has 1 aliphatic heterocycles. The fourth-order valence-corrected chi connectivity index (χ4v) is 3.35. The maximum Gasteiger partial charge on any atom is 0.405 e. The first-order valence-corrected chi connectivity index (χ1v) is 10.0. The Morgan fingerprint density at radius 1 is 1.19 bits per heavy atom. The van der Waals surface area contributed by atoms with E-state index in [4.69, 9.17) is 0 Å². The summed E-state index contributed by atoms with van der Waals surface area (Å²) in [7, 11) is 0. The van der Waals surface area contributed by atoms with Crippen molar-refractivity contribution < 1.29 is 23.1 Å². The van der Waals surface area contributed by atoms with Crippen molar-refractivity contribution in [3.05, 3.63) is 89.6 Å². The molecule has 0 fully saturated rings. The third-order valence-electron chi connectivity index (χ3n) is 4.83. The third kappa shape index (κ3) is 6.24. The second-order valence-corrected chi connectivity index (χ2v) is 7.16. The lowest BCUT2D eigenvalue weighted by atomic mass is 10.0. The zero-order chi connectivity index (χ0) is 23.1. The van der Waals surface area contributed by atoms with Gasteiger partial charge in [0.1, 0.15) is 6.54 Å². The van der Waals surface area contributed by atoms with Crippen LogP contribution in [-0.2, 0) is 6.61 Å². The van der Waals surface area contributed by atoms with Gasteiger partial charge in [0.15, 0.2) is 0 Å². The standard InChI is InChI=1S/C24H24F3N3O2/c1-2-22(20-7-4-8-21(14-20)29-23(32)28-16-24(25,26)27)30-11-9-18(10-12-30)19-6-3-5-17(13-19)15-31/h2-11,13-14,31H,12,15-16H2,1H3,(H2,28,29,32)/b22-2-. The lowest BCUT2D eigenvalue weighted by molar-refractivity contribution is -0.122. The topological polar surface area (TPSA) is 64.6 Å². The van der Waals surface area contributed by atoms with Crippen molar-refractivity contribution in [3.8, 4) is 0 Å². The SMILES string of the molecule is C/C=C(/c1cccc(NC(=O)NCC(F)(F)F)c1)N1C=CC(c2cccc(CO)c2)=CC1. The molecule has 0 radical (unpaired) electrons. The Bertz CT molecular complexity index is 1060. The van der Waals surface area contributed by atoms with Crippen molar-refractivity contribution in [1.82, 2.24) is 10.2 Å². The van der Waals surface area contributed by atoms with Crippen molar-refractivity contribution in [2.24, 2.45) is 0 Å². The van der Waals surface area contributed by atoms with Crippen LogP contribution in [0.25, 0.3) is 11.3 Å². The fourth-order valence-electron chi connectivity index (χ4n) is 3.35. The normalized spacial score (nSPS) is 14.2. The lowest BCUT2D eigenvalue weighted by Crippen LogP contribution is -2.36. The Hall–Kier alpha value is -3.52. The summed E-state index contributed by atoms with van der Waals surface area (Å²) in [6, 6.07) is 13.7. The number of rotatable bonds is 6. The summed E-state index contributed by atoms with van der Waals surface area (Å²) in [5, 5.41) is 13.6. The number of halogens is 3. The van der Waals surface area contributed by atoms with Gasteiger partial charge in [-0.15, -0.1) is 0 Å². The maximum absolute atomic E-state index is 12.3. The van der Waals surface area contributed by atoms with Gasteiger partial charge in [-0.05, 0) is 53.5 Å². The zero-order valence-corrected chi connectivity index (χ0v) is 17.5. The monoisotopic (exact) mass is 443 g/mol. The molecule has 2 aromatic carbocycles. The number of nitrogens with one attached hydrogen (secondary N) is 2. The summed E-state index contributed by atoms with van der Waals surface area (Å²) in [5.74, 6) is 0. The molecule has 0 aliphatic carbocycles. The van der Waals surface area contributed by atoms with Crippen molar-refractivity contribution in [3.63, 3.8) is 0 Å². The van der Waals surface area contributed by atoms with Crippen LogP contribution in [0.1, 0.15) is 23.6 Å². The van der Waals surface area contributed by atoms with Gasteiger partial charge in [-0.25, -0.2) is 4.79 Å². The number of hydrogen-bond donors (Lipinski definition) is 3. The number of urea groups is 1. The summed E-state index contributed by atoms with van der Waals surface area (Å²) in [5.41, 5.74) is 5.00. The molecule has 0 saturated carbocycles. The van der Waals surface area contributed by atoms with Gasteiger partial charge < -0.3 is 20.6 Å². The first-order valence-electron chi connectivity index (χ1n) is 10.0. The van der Waals surface area contributed by atoms with Crippen LogP contribution in [0.5, 0.6) is 0 Å². The Morgan fingerprint density at radius 2 is 1.97 bits per heavy atom. The highest BCUT2D eigenvalue weighted by atomic mass is 19.4. The number of amides is 2. The number of benzene rings is 2. The average molecular weight is 443 g/mol. The van der Waals surface area contributed by atoms with Gasteiger partial charge in [-0.2, -0.15) is 13.2 Å². The summed E-state index contributed by atoms with van der Waals surface area (Å²) in [4.78, 5) is 13.8. The molecular weight excluding hydrogens is 419 g/mol. The molecule has 3 N–H and O–H groups in total. The summed E-state index contributed by atoms with van der Waals surface area (Å²) >= 11 is 0. The molecule has 0 atom stereocenters. The summed E-state index contributed by atoms with van der Waals surface area (Å²) < 4.78 is 36.8. The number of alkyl halides is 3. The fraction of sp³-hybridized carbons (Fsp3) is 0.208. The van der Waals surface area contributed by atoms with Gasteiger partial charge in [0.05, 0.1) is 6.61 Å². The van der Waals surface area contributed by atoms with E-state index in [0.29, 0.717) is 12.2 Å². The molecule has 168 valence electrons. The molecule has 1 aliphatic rings. The van der Waals surface area contributed by atoms with E-state index in [-0.39, 0.29) is 6.61 Å². The van der Waals surface area contributed by atoms with E-state index < -0.39 is 18.8 Å². The average Bonchev–Trinajstić information content (AvgIpc) is 2.78. The lowest BCUT2D eigenvalue weighted by Gasteiger charge is -2.26. The minimum atomic E-state index is -4.47. The smallest absolute Gasteiger partial charge is 0.392 e. The molecule has 0 unspecified atom stereocenters. The minimum Gasteiger partial charge on any atom is -0.392 e. The highest BCUT2D eigenvalue weighted by molar-refractivity contribution is 5.90. The number of carbonyl (C=O) groups excluding carboxylic acids is 1. The quantitative estimate of drug-likeness (QED) is 0.580. The number of aliphatic hydroxyl groups excluding tert-OH is 1. The van der Waals surface area contributed by atoms with Crippen molar-refractivity contribution in [2.45, 2.75) is 19.7 Å². The van der Waals surface area contributed by atoms with E-state index in [1.807, 2.05) is 60.5 Å². The Labute approximate surface area is 184 Å². The van der Waals surface area contributed by atoms with E-state index in [1.165, 1.54) is 0 Å². The first-order chi connectivity index (χ1) is 15.3. The molecule has 2 amide bonds. The maximum atomic E-state index is 12.3. The molecule has 0 bridgehead atoms. The van der Waals surface area contributed by atoms with E-state index in [9.17, 15) is 23.1 Å². The van der Waals surface area contributed by atoms with Crippen molar-refractivity contribution in [1.29, 1.82) is 0 Å². The molecule has 5 nitrogen and oxygen atoms in total. The third-order valence-corrected chi connectivity index (χ3v) is 4.83. The van der Waals surface area contributed by atoms with Gasteiger partial charge in [-0.1, -0.05) is 42.5 Å². The number of allylic oxidation sites excluding steroid dienone is 3. The summed E-state index contributed by atoms with van der Waals surface area (Å²) in [6.07, 6.45) is 3.47. The number of carbonyl (C=O) groups is 1. The van der Waals surface area contributed by atoms with Crippen LogP contribution in [0, 0.1) is 0 Å². The number of aliphatic hydroxyl groups is 1. The van der Waals surface area contributed by atoms with Gasteiger partial charge in [-0.3, -0.25) is 0 Å². The second-order valence-electron chi connectivity index (χ2n) is 7.16. The van der Waals surface area contributed by atoms with Crippen molar-refractivity contribution >= 4 is 23.0 Å². The van der Waals surface area contributed by atoms with Crippen LogP contribution >= 0.6 is 0 Å². The van der Waals surface area contributed by atoms with Gasteiger partial charge in [0.2, 0.25) is 0 Å². The molecule has 2 aromatic rings. The molecule has 1 heterocycles. The van der Waals surface area contributed by atoms with Crippen LogP contribution in [0.3, 0.4) is 0 Å². The highest BCUT2D eigenvalue weighted by Gasteiger charge is 2.27. The molecule has 8 heteroatoms. The van der Waals surface area contributed by atoms with Crippen LogP contribution < -0.4 is 10.6 Å². The largest absolute Gasteiger partial charge is 0.405 e. The van der Waals surface area contributed by atoms with Gasteiger partial charge in [0.25, 0.3) is 0 Å². The highest BCUT2D eigenvalue weighted by Crippen LogP contribution is 2.27. The Morgan fingerprint density at radius 3 is 2.62 bits per heavy atom. The molecule has 0 aromatic heterocycles. The predicted molar refractivity (Wildman–Crippen MR) is 119 cm³/mol. The molecule has 32 heavy (non-hydrogen) atoms. The minimum absolute atomic E-state index is 0.0156. The number of nitrogens with zero attached hydrogens (tertiary/aromatic N) is 1. The Kier molecular flexibility index (Phi) is 7.37. The second kappa shape index (κ2) is 10.2. The number of hydrogen-bond acceptors (Lipinski definition) is 3. The number of anilines is 1. The molecule has 0 saturated heterocycles. The van der Waals surface area contributed by atoms with Crippen LogP contribution in [0.2, 0.25) is 0 Å². The molecule has 0 spiro atoms. The van der Waals surface area contributed by atoms with E-state index >= 15 is 0 Å². The molecular formula is C24H24F3N3O2. The summed E-state index contributed by atoms with van der Waals surface area (Å²) in [6.45, 7) is 1.09. The van der Waals surface area contributed by atoms with Crippen molar-refractivity contribution in [2.75, 3.05) is 18.4 Å². The van der Waals surface area contributed by atoms with Crippen LogP contribution in [0.15, 0.2) is 73.0 Å². The van der Waals surface area contributed by atoms with Gasteiger partial charge >= 0.3 is 12.2 Å². The van der Waals surface area contributed by atoms with E-state index in [0.717, 1.165) is 28.0 Å². The van der Waals surface area contributed by atoms with E-state index in [2.05, 4.69) is 11.4 Å². The first kappa shape index (κ1) is 23.1. The molecule has 3 rings (SSSR count). The van der Waals surface area contributed by atoms with Gasteiger partial charge in [0, 0.05) is 24.1 Å².